The SMILES string of the molecule is CC(C)Cn1cc[n+](C)c1.[F-]. The summed E-state index contributed by atoms with van der Waals surface area (Å²) in [7, 11) is 2.04. The van der Waals surface area contributed by atoms with Crippen molar-refractivity contribution in [2.45, 2.75) is 20.4 Å². The molecule has 0 aliphatic carbocycles. The third-order valence-corrected chi connectivity index (χ3v) is 1.40. The monoisotopic (exact) mass is 158 g/mol. The predicted octanol–water partition coefficient (Wildman–Crippen LogP) is -2.03. The second-order valence-corrected chi connectivity index (χ2v) is 3.17. The fourth-order valence-corrected chi connectivity index (χ4v) is 1.03. The molecule has 1 aromatic rings. The molecule has 64 valence electrons. The van der Waals surface area contributed by atoms with Crippen molar-refractivity contribution < 1.29 is 9.27 Å². The second-order valence-electron chi connectivity index (χ2n) is 3.17. The van der Waals surface area contributed by atoms with Crippen molar-refractivity contribution >= 4 is 0 Å². The summed E-state index contributed by atoms with van der Waals surface area (Å²) in [5, 5.41) is 0. The van der Waals surface area contributed by atoms with Crippen molar-refractivity contribution in [2.75, 3.05) is 0 Å². The van der Waals surface area contributed by atoms with Gasteiger partial charge in [-0.05, 0) is 5.92 Å². The number of nitrogens with zero attached hydrogens (tertiary/aromatic N) is 2. The molecular formula is C8H15FN2. The lowest BCUT2D eigenvalue weighted by Crippen LogP contribution is -3.00. The van der Waals surface area contributed by atoms with Gasteiger partial charge in [0.2, 0.25) is 6.33 Å². The number of aromatic nitrogens is 2. The largest absolute Gasteiger partial charge is 1.00 e. The number of hydrogen-bond donors (Lipinski definition) is 0. The van der Waals surface area contributed by atoms with Crippen LogP contribution >= 0.6 is 0 Å². The first-order chi connectivity index (χ1) is 4.68. The van der Waals surface area contributed by atoms with Crippen LogP contribution in [-0.4, -0.2) is 4.57 Å². The van der Waals surface area contributed by atoms with E-state index in [9.17, 15) is 0 Å². The minimum atomic E-state index is 0. The first-order valence-corrected chi connectivity index (χ1v) is 3.69. The number of halogens is 1. The number of imidazole rings is 1. The quantitative estimate of drug-likeness (QED) is 0.439. The van der Waals surface area contributed by atoms with Crippen molar-refractivity contribution in [1.29, 1.82) is 0 Å². The Labute approximate surface area is 66.8 Å². The first-order valence-electron chi connectivity index (χ1n) is 3.69. The van der Waals surface area contributed by atoms with Crippen LogP contribution in [0.3, 0.4) is 0 Å². The van der Waals surface area contributed by atoms with E-state index < -0.39 is 0 Å². The zero-order valence-electron chi connectivity index (χ0n) is 7.29. The molecule has 1 heterocycles. The van der Waals surface area contributed by atoms with Crippen molar-refractivity contribution in [3.63, 3.8) is 0 Å². The normalized spacial score (nSPS) is 9.82. The van der Waals surface area contributed by atoms with Gasteiger partial charge in [-0.1, -0.05) is 13.8 Å². The topological polar surface area (TPSA) is 8.81 Å². The Hall–Kier alpha value is -0.860. The van der Waals surface area contributed by atoms with Crippen LogP contribution in [-0.2, 0) is 13.6 Å². The lowest BCUT2D eigenvalue weighted by molar-refractivity contribution is -0.671. The molecule has 0 saturated heterocycles. The highest BCUT2D eigenvalue weighted by molar-refractivity contribution is 4.66. The molecule has 0 aliphatic rings. The smallest absolute Gasteiger partial charge is 0.243 e. The van der Waals surface area contributed by atoms with E-state index >= 15 is 0 Å². The molecule has 0 bridgehead atoms. The highest BCUT2D eigenvalue weighted by Crippen LogP contribution is 1.95. The highest BCUT2D eigenvalue weighted by Gasteiger charge is 2.01. The van der Waals surface area contributed by atoms with E-state index in [0.717, 1.165) is 12.5 Å². The van der Waals surface area contributed by atoms with Gasteiger partial charge in [-0.25, -0.2) is 9.13 Å². The molecule has 0 N–H and O–H groups in total. The Bertz CT molecular complexity index is 206. The molecule has 3 heteroatoms. The van der Waals surface area contributed by atoms with Gasteiger partial charge >= 0.3 is 0 Å². The van der Waals surface area contributed by atoms with E-state index in [4.69, 9.17) is 0 Å². The van der Waals surface area contributed by atoms with Crippen molar-refractivity contribution in [2.24, 2.45) is 13.0 Å². The van der Waals surface area contributed by atoms with Gasteiger partial charge in [-0.2, -0.15) is 0 Å². The van der Waals surface area contributed by atoms with Crippen LogP contribution in [0.2, 0.25) is 0 Å². The van der Waals surface area contributed by atoms with Crippen LogP contribution in [0.1, 0.15) is 13.8 Å². The number of hydrogen-bond acceptors (Lipinski definition) is 0. The third-order valence-electron chi connectivity index (χ3n) is 1.40. The van der Waals surface area contributed by atoms with Gasteiger partial charge in [0.15, 0.2) is 0 Å². The summed E-state index contributed by atoms with van der Waals surface area (Å²) in [4.78, 5) is 0. The van der Waals surface area contributed by atoms with Gasteiger partial charge in [0.25, 0.3) is 0 Å². The molecule has 0 aromatic carbocycles. The molecule has 0 amide bonds. The van der Waals surface area contributed by atoms with E-state index in [0.29, 0.717) is 0 Å². The molecule has 0 unspecified atom stereocenters. The first kappa shape index (κ1) is 10.1. The summed E-state index contributed by atoms with van der Waals surface area (Å²) < 4.78 is 4.26. The molecule has 2 nitrogen and oxygen atoms in total. The van der Waals surface area contributed by atoms with E-state index in [2.05, 4.69) is 41.7 Å². The van der Waals surface area contributed by atoms with Crippen LogP contribution in [0.5, 0.6) is 0 Å². The summed E-state index contributed by atoms with van der Waals surface area (Å²) in [5.74, 6) is 0.729. The van der Waals surface area contributed by atoms with E-state index in [1.54, 1.807) is 0 Å². The summed E-state index contributed by atoms with van der Waals surface area (Å²) in [5.41, 5.74) is 0. The summed E-state index contributed by atoms with van der Waals surface area (Å²) in [6.07, 6.45) is 6.25. The van der Waals surface area contributed by atoms with Crippen LogP contribution < -0.4 is 9.27 Å². The lowest BCUT2D eigenvalue weighted by atomic mass is 10.2. The van der Waals surface area contributed by atoms with Crippen LogP contribution in [0.4, 0.5) is 0 Å². The Morgan fingerprint density at radius 3 is 2.45 bits per heavy atom. The average molecular weight is 158 g/mol. The standard InChI is InChI=1S/C8H15N2.FH/c1-8(2)6-10-5-4-9(3)7-10;/h4-5,7-8H,6H2,1-3H3;1H/q+1;/p-1. The van der Waals surface area contributed by atoms with Crippen molar-refractivity contribution in [1.82, 2.24) is 4.57 Å². The Morgan fingerprint density at radius 1 is 1.45 bits per heavy atom. The third kappa shape index (κ3) is 3.16. The molecular weight excluding hydrogens is 143 g/mol. The van der Waals surface area contributed by atoms with E-state index in [-0.39, 0.29) is 4.70 Å². The lowest BCUT2D eigenvalue weighted by Gasteiger charge is -1.97. The van der Waals surface area contributed by atoms with Crippen molar-refractivity contribution in [3.05, 3.63) is 18.7 Å². The molecule has 0 atom stereocenters. The van der Waals surface area contributed by atoms with Gasteiger partial charge in [0.05, 0.1) is 13.6 Å². The molecule has 0 fully saturated rings. The Morgan fingerprint density at radius 2 is 2.09 bits per heavy atom. The molecule has 1 rings (SSSR count). The fraction of sp³-hybridized carbons (Fsp3) is 0.625. The maximum Gasteiger partial charge on any atom is 0.243 e. The zero-order chi connectivity index (χ0) is 7.56. The van der Waals surface area contributed by atoms with Gasteiger partial charge < -0.3 is 4.70 Å². The van der Waals surface area contributed by atoms with Crippen LogP contribution in [0.15, 0.2) is 18.7 Å². The van der Waals surface area contributed by atoms with Gasteiger partial charge in [-0.3, -0.25) is 0 Å². The van der Waals surface area contributed by atoms with Gasteiger partial charge in [-0.15, -0.1) is 0 Å². The minimum Gasteiger partial charge on any atom is -1.00 e. The minimum absolute atomic E-state index is 0. The molecule has 0 spiro atoms. The van der Waals surface area contributed by atoms with Gasteiger partial charge in [0.1, 0.15) is 12.4 Å². The predicted molar refractivity (Wildman–Crippen MR) is 40.4 cm³/mol. The molecule has 0 radical (unpaired) electrons. The second kappa shape index (κ2) is 4.11. The zero-order valence-corrected chi connectivity index (χ0v) is 7.29. The summed E-state index contributed by atoms with van der Waals surface area (Å²) in [6, 6.07) is 0. The summed E-state index contributed by atoms with van der Waals surface area (Å²) in [6.45, 7) is 5.56. The average Bonchev–Trinajstić information content (AvgIpc) is 2.13. The maximum atomic E-state index is 2.22. The van der Waals surface area contributed by atoms with E-state index in [1.807, 2.05) is 7.05 Å². The van der Waals surface area contributed by atoms with Crippen LogP contribution in [0, 0.1) is 5.92 Å². The molecule has 0 saturated carbocycles. The van der Waals surface area contributed by atoms with E-state index in [1.165, 1.54) is 0 Å². The fourth-order valence-electron chi connectivity index (χ4n) is 1.03. The Kier molecular flexibility index (Phi) is 3.79. The highest BCUT2D eigenvalue weighted by atomic mass is 19.0. The van der Waals surface area contributed by atoms with Crippen molar-refractivity contribution in [3.8, 4) is 0 Å². The number of aryl methyl sites for hydroxylation is 1. The molecule has 1 aromatic heterocycles. The molecule has 0 aliphatic heterocycles. The Balaban J connectivity index is 0.000001000. The van der Waals surface area contributed by atoms with Crippen LogP contribution in [0.25, 0.3) is 0 Å². The summed E-state index contributed by atoms with van der Waals surface area (Å²) >= 11 is 0. The number of rotatable bonds is 2. The molecule has 11 heavy (non-hydrogen) atoms. The maximum absolute atomic E-state index is 2.22. The van der Waals surface area contributed by atoms with Gasteiger partial charge in [0, 0.05) is 0 Å².